The SMILES string of the molecule is Cn1cc2c(F)c(C(F)(F)c3nnc4ccc(-c5ccc([S+](N)[O-])c(F)c5)nn34)ccc2n1. The van der Waals surface area contributed by atoms with E-state index in [1.165, 1.54) is 41.2 Å². The molecule has 2 aromatic carbocycles. The number of rotatable bonds is 4. The van der Waals surface area contributed by atoms with Crippen LogP contribution in [0.3, 0.4) is 0 Å². The third kappa shape index (κ3) is 3.41. The van der Waals surface area contributed by atoms with Crippen molar-refractivity contribution in [2.45, 2.75) is 10.8 Å². The van der Waals surface area contributed by atoms with Gasteiger partial charge in [-0.2, -0.15) is 23.5 Å². The molecule has 0 aliphatic carbocycles. The van der Waals surface area contributed by atoms with E-state index in [1.54, 1.807) is 7.05 Å². The topological polar surface area (TPSA) is 110 Å². The number of halogens is 4. The van der Waals surface area contributed by atoms with Gasteiger partial charge in [-0.15, -0.1) is 15.3 Å². The van der Waals surface area contributed by atoms with Crippen LogP contribution in [0.4, 0.5) is 17.6 Å². The standard InChI is InChI=1S/C20H13F4N7OS/c1-30-9-11-15(28-30)4-3-12(18(11)22)20(23,24)19-27-26-17-7-5-14(29-31(17)19)10-2-6-16(33(25)32)13(21)8-10/h2-9H,25H2,1H3. The number of benzene rings is 2. The molecule has 0 saturated carbocycles. The molecule has 1 unspecified atom stereocenters. The van der Waals surface area contributed by atoms with Gasteiger partial charge in [-0.05, 0) is 42.5 Å². The Hall–Kier alpha value is -3.55. The van der Waals surface area contributed by atoms with Crippen LogP contribution in [0, 0.1) is 11.6 Å². The van der Waals surface area contributed by atoms with Crippen molar-refractivity contribution in [1.29, 1.82) is 0 Å². The smallest absolute Gasteiger partial charge is 0.336 e. The molecule has 168 valence electrons. The van der Waals surface area contributed by atoms with Gasteiger partial charge in [0.15, 0.2) is 11.5 Å². The fourth-order valence-electron chi connectivity index (χ4n) is 3.50. The van der Waals surface area contributed by atoms with Crippen molar-refractivity contribution in [1.82, 2.24) is 29.6 Å². The summed E-state index contributed by atoms with van der Waals surface area (Å²) in [4.78, 5) is -0.211. The van der Waals surface area contributed by atoms with E-state index in [2.05, 4.69) is 20.4 Å². The lowest BCUT2D eigenvalue weighted by molar-refractivity contribution is 0.0271. The van der Waals surface area contributed by atoms with E-state index < -0.39 is 40.3 Å². The third-order valence-corrected chi connectivity index (χ3v) is 5.83. The molecule has 0 saturated heterocycles. The van der Waals surface area contributed by atoms with Crippen LogP contribution < -0.4 is 5.14 Å². The highest BCUT2D eigenvalue weighted by atomic mass is 32.2. The van der Waals surface area contributed by atoms with Crippen molar-refractivity contribution >= 4 is 27.9 Å². The van der Waals surface area contributed by atoms with Gasteiger partial charge in [0.05, 0.1) is 33.5 Å². The number of nitrogens with two attached hydrogens (primary N) is 1. The van der Waals surface area contributed by atoms with Crippen molar-refractivity contribution in [3.05, 3.63) is 71.7 Å². The lowest BCUT2D eigenvalue weighted by Gasteiger charge is -2.15. The summed E-state index contributed by atoms with van der Waals surface area (Å²) in [6.45, 7) is 0. The Kier molecular flexibility index (Phi) is 4.84. The second-order valence-electron chi connectivity index (χ2n) is 7.19. The first kappa shape index (κ1) is 21.3. The van der Waals surface area contributed by atoms with Crippen molar-refractivity contribution in [3.63, 3.8) is 0 Å². The average molecular weight is 475 g/mol. The molecule has 0 amide bonds. The van der Waals surface area contributed by atoms with E-state index in [4.69, 9.17) is 5.14 Å². The molecule has 2 N–H and O–H groups in total. The van der Waals surface area contributed by atoms with Crippen LogP contribution in [-0.4, -0.2) is 34.1 Å². The molecule has 0 bridgehead atoms. The quantitative estimate of drug-likeness (QED) is 0.316. The minimum absolute atomic E-state index is 0.0172. The number of hydrogen-bond donors (Lipinski definition) is 1. The molecule has 3 heterocycles. The number of nitrogens with zero attached hydrogens (tertiary/aromatic N) is 6. The summed E-state index contributed by atoms with van der Waals surface area (Å²) < 4.78 is 73.5. The molecule has 5 rings (SSSR count). The average Bonchev–Trinajstić information content (AvgIpc) is 3.36. The third-order valence-electron chi connectivity index (χ3n) is 5.06. The largest absolute Gasteiger partial charge is 0.593 e. The summed E-state index contributed by atoms with van der Waals surface area (Å²) in [5, 5.41) is 20.5. The maximum Gasteiger partial charge on any atom is 0.336 e. The number of aryl methyl sites for hydroxylation is 1. The summed E-state index contributed by atoms with van der Waals surface area (Å²) in [6, 6.07) is 8.67. The second kappa shape index (κ2) is 7.50. The van der Waals surface area contributed by atoms with Gasteiger partial charge in [-0.1, -0.05) is 0 Å². The number of fused-ring (bicyclic) bond motifs is 2. The highest BCUT2D eigenvalue weighted by Crippen LogP contribution is 2.38. The van der Waals surface area contributed by atoms with Gasteiger partial charge in [0.1, 0.15) is 5.82 Å². The van der Waals surface area contributed by atoms with E-state index in [1.807, 2.05) is 0 Å². The van der Waals surface area contributed by atoms with Crippen LogP contribution in [-0.2, 0) is 24.3 Å². The number of aromatic nitrogens is 6. The first-order valence-electron chi connectivity index (χ1n) is 9.36. The van der Waals surface area contributed by atoms with Gasteiger partial charge in [-0.25, -0.2) is 8.78 Å². The van der Waals surface area contributed by atoms with Gasteiger partial charge >= 0.3 is 5.92 Å². The molecular weight excluding hydrogens is 462 g/mol. The fourth-order valence-corrected chi connectivity index (χ4v) is 3.96. The van der Waals surface area contributed by atoms with Gasteiger partial charge in [0, 0.05) is 18.8 Å². The fraction of sp³-hybridized carbons (Fsp3) is 0.100. The van der Waals surface area contributed by atoms with Gasteiger partial charge < -0.3 is 4.55 Å². The highest BCUT2D eigenvalue weighted by molar-refractivity contribution is 7.89. The van der Waals surface area contributed by atoms with Crippen molar-refractivity contribution < 1.29 is 22.1 Å². The van der Waals surface area contributed by atoms with E-state index in [0.29, 0.717) is 0 Å². The first-order valence-corrected chi connectivity index (χ1v) is 10.6. The monoisotopic (exact) mass is 475 g/mol. The normalized spacial score (nSPS) is 13.2. The molecule has 0 radical (unpaired) electrons. The lowest BCUT2D eigenvalue weighted by atomic mass is 10.0. The van der Waals surface area contributed by atoms with E-state index >= 15 is 8.78 Å². The summed E-state index contributed by atoms with van der Waals surface area (Å²) in [5.74, 6) is -6.78. The Morgan fingerprint density at radius 3 is 2.55 bits per heavy atom. The predicted molar refractivity (Wildman–Crippen MR) is 110 cm³/mol. The molecule has 0 fully saturated rings. The predicted octanol–water partition coefficient (Wildman–Crippen LogP) is 3.08. The van der Waals surface area contributed by atoms with E-state index in [-0.39, 0.29) is 32.7 Å². The Labute approximate surface area is 186 Å². The molecule has 5 aromatic rings. The van der Waals surface area contributed by atoms with E-state index in [9.17, 15) is 13.3 Å². The lowest BCUT2D eigenvalue weighted by Crippen LogP contribution is -2.22. The van der Waals surface area contributed by atoms with Crippen molar-refractivity contribution in [3.8, 4) is 11.3 Å². The van der Waals surface area contributed by atoms with Gasteiger partial charge in [0.2, 0.25) is 10.7 Å². The van der Waals surface area contributed by atoms with Gasteiger partial charge in [-0.3, -0.25) is 4.68 Å². The van der Waals surface area contributed by atoms with Crippen LogP contribution in [0.2, 0.25) is 0 Å². The van der Waals surface area contributed by atoms with E-state index in [0.717, 1.165) is 16.6 Å². The summed E-state index contributed by atoms with van der Waals surface area (Å²) in [6.07, 6.45) is 1.30. The summed E-state index contributed by atoms with van der Waals surface area (Å²) in [5.41, 5.74) is -0.378. The Balaban J connectivity index is 1.63. The Morgan fingerprint density at radius 1 is 1.03 bits per heavy atom. The van der Waals surface area contributed by atoms with Crippen LogP contribution >= 0.6 is 0 Å². The van der Waals surface area contributed by atoms with Crippen LogP contribution in [0.25, 0.3) is 27.8 Å². The van der Waals surface area contributed by atoms with Crippen molar-refractivity contribution in [2.75, 3.05) is 0 Å². The molecule has 0 aliphatic heterocycles. The zero-order valence-electron chi connectivity index (χ0n) is 16.7. The van der Waals surface area contributed by atoms with Gasteiger partial charge in [0.25, 0.3) is 0 Å². The first-order chi connectivity index (χ1) is 15.7. The molecule has 3 aromatic heterocycles. The molecule has 13 heteroatoms. The summed E-state index contributed by atoms with van der Waals surface area (Å²) >= 11 is -2.03. The maximum atomic E-state index is 15.4. The molecule has 0 spiro atoms. The minimum Gasteiger partial charge on any atom is -0.593 e. The minimum atomic E-state index is -3.90. The molecule has 1 atom stereocenters. The Bertz CT molecular complexity index is 1530. The number of hydrogen-bond acceptors (Lipinski definition) is 6. The Morgan fingerprint density at radius 2 is 1.82 bits per heavy atom. The highest BCUT2D eigenvalue weighted by Gasteiger charge is 2.43. The zero-order valence-corrected chi connectivity index (χ0v) is 17.5. The number of alkyl halides is 2. The second-order valence-corrected chi connectivity index (χ2v) is 8.23. The zero-order chi connectivity index (χ0) is 23.5. The molecule has 8 nitrogen and oxygen atoms in total. The van der Waals surface area contributed by atoms with Crippen LogP contribution in [0.1, 0.15) is 11.4 Å². The van der Waals surface area contributed by atoms with Crippen molar-refractivity contribution in [2.24, 2.45) is 12.2 Å². The molecule has 0 aliphatic rings. The maximum absolute atomic E-state index is 15.4. The summed E-state index contributed by atoms with van der Waals surface area (Å²) in [7, 11) is 1.55. The van der Waals surface area contributed by atoms with Crippen LogP contribution in [0.5, 0.6) is 0 Å². The molecular formula is C20H13F4N7OS. The molecule has 33 heavy (non-hydrogen) atoms. The van der Waals surface area contributed by atoms with Crippen LogP contribution in [0.15, 0.2) is 53.6 Å².